The smallest absolute Gasteiger partial charge is 0.312 e. The lowest BCUT2D eigenvalue weighted by molar-refractivity contribution is -0.146. The van der Waals surface area contributed by atoms with E-state index in [9.17, 15) is 9.59 Å². The molecule has 130 valence electrons. The van der Waals surface area contributed by atoms with E-state index in [0.717, 1.165) is 23.3 Å². The average molecular weight is 338 g/mol. The maximum Gasteiger partial charge on any atom is 0.312 e. The van der Waals surface area contributed by atoms with Crippen molar-refractivity contribution < 1.29 is 14.3 Å². The number of fused-ring (bicyclic) bond motifs is 1. The molecule has 0 spiro atoms. The van der Waals surface area contributed by atoms with Crippen LogP contribution in [0.3, 0.4) is 0 Å². The van der Waals surface area contributed by atoms with Crippen molar-refractivity contribution >= 4 is 11.8 Å². The van der Waals surface area contributed by atoms with E-state index in [1.54, 1.807) is 12.0 Å². The van der Waals surface area contributed by atoms with Gasteiger partial charge in [0.1, 0.15) is 5.75 Å². The lowest BCUT2D eigenvalue weighted by Crippen LogP contribution is -2.45. The molecule has 0 fully saturated rings. The molecule has 5 nitrogen and oxygen atoms in total. The number of nitrogens with one attached hydrogen (secondary N) is 1. The summed E-state index contributed by atoms with van der Waals surface area (Å²) in [5.74, 6) is -0.189. The van der Waals surface area contributed by atoms with Crippen molar-refractivity contribution in [1.29, 1.82) is 0 Å². The van der Waals surface area contributed by atoms with Crippen LogP contribution in [0, 0.1) is 0 Å². The summed E-state index contributed by atoms with van der Waals surface area (Å²) in [6.07, 6.45) is 1.47. The van der Waals surface area contributed by atoms with Gasteiger partial charge in [0.25, 0.3) is 0 Å². The molecule has 0 saturated heterocycles. The molecule has 0 aliphatic carbocycles. The van der Waals surface area contributed by atoms with Gasteiger partial charge in [0.2, 0.25) is 0 Å². The lowest BCUT2D eigenvalue weighted by Gasteiger charge is -2.28. The van der Waals surface area contributed by atoms with E-state index in [4.69, 9.17) is 4.74 Å². The molecule has 2 aromatic carbocycles. The molecule has 1 aliphatic rings. The van der Waals surface area contributed by atoms with E-state index < -0.39 is 11.8 Å². The number of hydrogen-bond donors (Lipinski definition) is 1. The first-order chi connectivity index (χ1) is 12.2. The minimum Gasteiger partial charge on any atom is -0.497 e. The number of benzene rings is 2. The largest absolute Gasteiger partial charge is 0.497 e. The predicted molar refractivity (Wildman–Crippen MR) is 95.3 cm³/mol. The third kappa shape index (κ3) is 4.18. The standard InChI is InChI=1S/C20H22N2O3/c1-25-18-8-6-15(7-9-18)10-12-21-19(23)20(24)22-13-11-16-4-2-3-5-17(16)14-22/h2-9H,10-14H2,1H3,(H,21,23). The van der Waals surface area contributed by atoms with Gasteiger partial charge in [-0.1, -0.05) is 36.4 Å². The van der Waals surface area contributed by atoms with Crippen LogP contribution in [0.1, 0.15) is 16.7 Å². The minimum absolute atomic E-state index is 0.432. The second kappa shape index (κ2) is 7.83. The van der Waals surface area contributed by atoms with E-state index in [2.05, 4.69) is 11.4 Å². The van der Waals surface area contributed by atoms with Crippen LogP contribution in [0.15, 0.2) is 48.5 Å². The first-order valence-corrected chi connectivity index (χ1v) is 8.44. The number of ether oxygens (including phenoxy) is 1. The molecular weight excluding hydrogens is 316 g/mol. The van der Waals surface area contributed by atoms with Crippen LogP contribution in [0.5, 0.6) is 5.75 Å². The lowest BCUT2D eigenvalue weighted by atomic mass is 10.00. The summed E-state index contributed by atoms with van der Waals surface area (Å²) < 4.78 is 5.12. The Morgan fingerprint density at radius 2 is 1.80 bits per heavy atom. The fraction of sp³-hybridized carbons (Fsp3) is 0.300. The molecule has 0 radical (unpaired) electrons. The molecule has 1 heterocycles. The number of amides is 2. The maximum absolute atomic E-state index is 12.3. The van der Waals surface area contributed by atoms with Gasteiger partial charge in [-0.15, -0.1) is 0 Å². The number of hydrogen-bond acceptors (Lipinski definition) is 3. The van der Waals surface area contributed by atoms with Gasteiger partial charge >= 0.3 is 11.8 Å². The highest BCUT2D eigenvalue weighted by Gasteiger charge is 2.25. The van der Waals surface area contributed by atoms with Crippen molar-refractivity contribution in [3.63, 3.8) is 0 Å². The highest BCUT2D eigenvalue weighted by atomic mass is 16.5. The fourth-order valence-electron chi connectivity index (χ4n) is 3.00. The van der Waals surface area contributed by atoms with Crippen molar-refractivity contribution in [3.8, 4) is 5.75 Å². The van der Waals surface area contributed by atoms with Gasteiger partial charge in [-0.2, -0.15) is 0 Å². The molecule has 1 N–H and O–H groups in total. The number of rotatable bonds is 4. The zero-order valence-electron chi connectivity index (χ0n) is 14.3. The summed E-state index contributed by atoms with van der Waals surface area (Å²) in [4.78, 5) is 26.1. The van der Waals surface area contributed by atoms with Crippen molar-refractivity contribution in [3.05, 3.63) is 65.2 Å². The monoisotopic (exact) mass is 338 g/mol. The highest BCUT2D eigenvalue weighted by Crippen LogP contribution is 2.18. The first kappa shape index (κ1) is 17.0. The maximum atomic E-state index is 12.3. The van der Waals surface area contributed by atoms with Gasteiger partial charge < -0.3 is 15.0 Å². The van der Waals surface area contributed by atoms with E-state index in [-0.39, 0.29) is 0 Å². The normalized spacial score (nSPS) is 13.1. The van der Waals surface area contributed by atoms with Crippen LogP contribution in [0.2, 0.25) is 0 Å². The van der Waals surface area contributed by atoms with E-state index >= 15 is 0 Å². The SMILES string of the molecule is COc1ccc(CCNC(=O)C(=O)N2CCc3ccccc3C2)cc1. The zero-order chi connectivity index (χ0) is 17.6. The molecule has 3 rings (SSSR count). The Balaban J connectivity index is 1.49. The Hall–Kier alpha value is -2.82. The van der Waals surface area contributed by atoms with Gasteiger partial charge in [0, 0.05) is 19.6 Å². The molecular formula is C20H22N2O3. The minimum atomic E-state index is -0.534. The van der Waals surface area contributed by atoms with Crippen molar-refractivity contribution in [2.24, 2.45) is 0 Å². The number of methoxy groups -OCH3 is 1. The molecule has 0 atom stereocenters. The summed E-state index contributed by atoms with van der Waals surface area (Å²) >= 11 is 0. The van der Waals surface area contributed by atoms with Gasteiger partial charge in [0.15, 0.2) is 0 Å². The van der Waals surface area contributed by atoms with Gasteiger partial charge in [-0.3, -0.25) is 9.59 Å². The van der Waals surface area contributed by atoms with E-state index in [0.29, 0.717) is 26.1 Å². The molecule has 25 heavy (non-hydrogen) atoms. The summed E-state index contributed by atoms with van der Waals surface area (Å²) in [7, 11) is 1.62. The molecule has 0 aromatic heterocycles. The van der Waals surface area contributed by atoms with Gasteiger partial charge in [0.05, 0.1) is 7.11 Å². The molecule has 0 unspecified atom stereocenters. The fourth-order valence-corrected chi connectivity index (χ4v) is 3.00. The first-order valence-electron chi connectivity index (χ1n) is 8.44. The second-order valence-electron chi connectivity index (χ2n) is 6.10. The Kier molecular flexibility index (Phi) is 5.33. The summed E-state index contributed by atoms with van der Waals surface area (Å²) in [5.41, 5.74) is 3.46. The van der Waals surface area contributed by atoms with Gasteiger partial charge in [-0.25, -0.2) is 0 Å². The zero-order valence-corrected chi connectivity index (χ0v) is 14.3. The molecule has 0 saturated carbocycles. The number of carbonyl (C=O) groups is 2. The van der Waals surface area contributed by atoms with Crippen molar-refractivity contribution in [1.82, 2.24) is 10.2 Å². The number of nitrogens with zero attached hydrogens (tertiary/aromatic N) is 1. The van der Waals surface area contributed by atoms with Crippen LogP contribution in [0.4, 0.5) is 0 Å². The Morgan fingerprint density at radius 3 is 2.52 bits per heavy atom. The van der Waals surface area contributed by atoms with Gasteiger partial charge in [-0.05, 0) is 41.7 Å². The van der Waals surface area contributed by atoms with Crippen LogP contribution >= 0.6 is 0 Å². The Bertz CT molecular complexity index is 756. The molecule has 0 bridgehead atoms. The van der Waals surface area contributed by atoms with Crippen LogP contribution < -0.4 is 10.1 Å². The highest BCUT2D eigenvalue weighted by molar-refractivity contribution is 6.35. The molecule has 1 aliphatic heterocycles. The third-order valence-corrected chi connectivity index (χ3v) is 4.47. The second-order valence-corrected chi connectivity index (χ2v) is 6.10. The Morgan fingerprint density at radius 1 is 1.08 bits per heavy atom. The molecule has 5 heteroatoms. The van der Waals surface area contributed by atoms with Crippen LogP contribution in [-0.4, -0.2) is 36.9 Å². The topological polar surface area (TPSA) is 58.6 Å². The van der Waals surface area contributed by atoms with Crippen LogP contribution in [-0.2, 0) is 29.0 Å². The average Bonchev–Trinajstić information content (AvgIpc) is 2.67. The third-order valence-electron chi connectivity index (χ3n) is 4.47. The van der Waals surface area contributed by atoms with E-state index in [1.165, 1.54) is 5.56 Å². The Labute approximate surface area is 147 Å². The predicted octanol–water partition coefficient (Wildman–Crippen LogP) is 1.94. The van der Waals surface area contributed by atoms with Crippen molar-refractivity contribution in [2.75, 3.05) is 20.2 Å². The molecule has 2 amide bonds. The van der Waals surface area contributed by atoms with Crippen LogP contribution in [0.25, 0.3) is 0 Å². The quantitative estimate of drug-likeness (QED) is 0.867. The summed E-state index contributed by atoms with van der Waals surface area (Å²) in [5, 5.41) is 2.72. The van der Waals surface area contributed by atoms with E-state index in [1.807, 2.05) is 42.5 Å². The summed E-state index contributed by atoms with van der Waals surface area (Å²) in [6.45, 7) is 1.52. The number of carbonyl (C=O) groups excluding carboxylic acids is 2. The molecule has 2 aromatic rings. The summed E-state index contributed by atoms with van der Waals surface area (Å²) in [6, 6.07) is 15.7. The van der Waals surface area contributed by atoms with Crippen molar-refractivity contribution in [2.45, 2.75) is 19.4 Å².